The fourth-order valence-corrected chi connectivity index (χ4v) is 3.26. The van der Waals surface area contributed by atoms with Crippen LogP contribution in [0.25, 0.3) is 0 Å². The van der Waals surface area contributed by atoms with Gasteiger partial charge in [-0.15, -0.1) is 0 Å². The van der Waals surface area contributed by atoms with Crippen LogP contribution in [0.5, 0.6) is 0 Å². The lowest BCUT2D eigenvalue weighted by molar-refractivity contribution is -0.122. The fourth-order valence-electron chi connectivity index (χ4n) is 3.26. The average molecular weight is 412 g/mol. The van der Waals surface area contributed by atoms with E-state index < -0.39 is 0 Å². The quantitative estimate of drug-likeness (QED) is 0.612. The summed E-state index contributed by atoms with van der Waals surface area (Å²) in [7, 11) is 0. The van der Waals surface area contributed by atoms with Crippen molar-refractivity contribution in [2.24, 2.45) is 0 Å². The number of hydrogen-bond donors (Lipinski definition) is 3. The van der Waals surface area contributed by atoms with Gasteiger partial charge in [0, 0.05) is 45.0 Å². The second-order valence-corrected chi connectivity index (χ2v) is 7.62. The van der Waals surface area contributed by atoms with E-state index >= 15 is 0 Å². The molecule has 2 amide bonds. The van der Waals surface area contributed by atoms with Crippen LogP contribution in [-0.2, 0) is 11.3 Å². The van der Waals surface area contributed by atoms with Crippen molar-refractivity contribution in [2.75, 3.05) is 43.4 Å². The molecular formula is C21H29N7O2. The number of nitrogen functional groups attached to an aromatic ring is 1. The summed E-state index contributed by atoms with van der Waals surface area (Å²) in [6, 6.07) is 9.79. The van der Waals surface area contributed by atoms with Gasteiger partial charge in [-0.1, -0.05) is 30.3 Å². The zero-order chi connectivity index (χ0) is 21.5. The van der Waals surface area contributed by atoms with Crippen LogP contribution in [0.1, 0.15) is 29.8 Å². The number of carbonyl (C=O) groups excluding carboxylic acids is 2. The first kappa shape index (κ1) is 21.5. The van der Waals surface area contributed by atoms with E-state index in [1.807, 2.05) is 49.1 Å². The van der Waals surface area contributed by atoms with Crippen molar-refractivity contribution in [3.05, 3.63) is 47.7 Å². The first-order valence-corrected chi connectivity index (χ1v) is 10.1. The van der Waals surface area contributed by atoms with Gasteiger partial charge in [0.15, 0.2) is 0 Å². The van der Waals surface area contributed by atoms with Gasteiger partial charge in [-0.3, -0.25) is 14.5 Å². The summed E-state index contributed by atoms with van der Waals surface area (Å²) in [5.41, 5.74) is 7.30. The molecule has 0 saturated carbocycles. The molecule has 1 aromatic carbocycles. The van der Waals surface area contributed by atoms with Crippen molar-refractivity contribution in [3.63, 3.8) is 0 Å². The first-order valence-electron chi connectivity index (χ1n) is 10.1. The lowest BCUT2D eigenvalue weighted by atomic mass is 10.2. The zero-order valence-corrected chi connectivity index (χ0v) is 17.5. The molecule has 3 rings (SSSR count). The van der Waals surface area contributed by atoms with Gasteiger partial charge in [-0.05, 0) is 19.4 Å². The third kappa shape index (κ3) is 5.90. The van der Waals surface area contributed by atoms with Crippen molar-refractivity contribution in [3.8, 4) is 0 Å². The van der Waals surface area contributed by atoms with E-state index in [1.54, 1.807) is 0 Å². The standard InChI is InChI=1S/C21H29N7O2/c1-15(2)25-18(29)14-27-8-10-28(11-9-27)21-24-13-17(19(22)26-21)20(30)23-12-16-6-4-3-5-7-16/h3-7,13,15H,8-12,14H2,1-2H3,(H,23,30)(H,25,29)(H2,22,24,26). The topological polar surface area (TPSA) is 116 Å². The molecular weight excluding hydrogens is 382 g/mol. The lowest BCUT2D eigenvalue weighted by Crippen LogP contribution is -2.50. The maximum absolute atomic E-state index is 12.4. The SMILES string of the molecule is CC(C)NC(=O)CN1CCN(c2ncc(C(=O)NCc3ccccc3)c(N)n2)CC1. The second-order valence-electron chi connectivity index (χ2n) is 7.62. The number of nitrogens with one attached hydrogen (secondary N) is 2. The summed E-state index contributed by atoms with van der Waals surface area (Å²) in [6.45, 7) is 7.53. The van der Waals surface area contributed by atoms with Gasteiger partial charge >= 0.3 is 0 Å². The third-order valence-electron chi connectivity index (χ3n) is 4.82. The normalized spacial score (nSPS) is 14.6. The Morgan fingerprint density at radius 1 is 1.13 bits per heavy atom. The molecule has 160 valence electrons. The van der Waals surface area contributed by atoms with Crippen LogP contribution < -0.4 is 21.3 Å². The zero-order valence-electron chi connectivity index (χ0n) is 17.5. The minimum absolute atomic E-state index is 0.0322. The molecule has 1 saturated heterocycles. The highest BCUT2D eigenvalue weighted by molar-refractivity contribution is 5.98. The molecule has 1 fully saturated rings. The predicted octanol–water partition coefficient (Wildman–Crippen LogP) is 0.635. The minimum atomic E-state index is -0.302. The van der Waals surface area contributed by atoms with E-state index in [0.29, 0.717) is 32.1 Å². The summed E-state index contributed by atoms with van der Waals surface area (Å²) in [5, 5.41) is 5.74. The van der Waals surface area contributed by atoms with Gasteiger partial charge in [0.1, 0.15) is 5.82 Å². The Labute approximate surface area is 176 Å². The van der Waals surface area contributed by atoms with Crippen molar-refractivity contribution < 1.29 is 9.59 Å². The van der Waals surface area contributed by atoms with Crippen LogP contribution in [-0.4, -0.2) is 65.4 Å². The number of nitrogens with zero attached hydrogens (tertiary/aromatic N) is 4. The highest BCUT2D eigenvalue weighted by atomic mass is 16.2. The summed E-state index contributed by atoms with van der Waals surface area (Å²) in [5.74, 6) is 0.386. The maximum atomic E-state index is 12.4. The number of nitrogens with two attached hydrogens (primary N) is 1. The third-order valence-corrected chi connectivity index (χ3v) is 4.82. The Balaban J connectivity index is 1.53. The average Bonchev–Trinajstić information content (AvgIpc) is 2.72. The Morgan fingerprint density at radius 3 is 2.47 bits per heavy atom. The van der Waals surface area contributed by atoms with Gasteiger partial charge in [0.05, 0.1) is 12.1 Å². The first-order chi connectivity index (χ1) is 14.4. The predicted molar refractivity (Wildman–Crippen MR) is 116 cm³/mol. The number of benzene rings is 1. The van der Waals surface area contributed by atoms with Crippen LogP contribution >= 0.6 is 0 Å². The Hall–Kier alpha value is -3.20. The molecule has 0 bridgehead atoms. The van der Waals surface area contributed by atoms with Crippen molar-refractivity contribution in [2.45, 2.75) is 26.4 Å². The molecule has 2 heterocycles. The van der Waals surface area contributed by atoms with Crippen LogP contribution in [0.15, 0.2) is 36.5 Å². The van der Waals surface area contributed by atoms with Gasteiger partial charge in [0.25, 0.3) is 5.91 Å². The molecule has 1 aliphatic rings. The van der Waals surface area contributed by atoms with Crippen LogP contribution in [0.2, 0.25) is 0 Å². The van der Waals surface area contributed by atoms with E-state index in [2.05, 4.69) is 25.5 Å². The summed E-state index contributed by atoms with van der Waals surface area (Å²) >= 11 is 0. The second kappa shape index (κ2) is 10.0. The van der Waals surface area contributed by atoms with Gasteiger partial charge in [-0.25, -0.2) is 4.98 Å². The monoisotopic (exact) mass is 411 g/mol. The van der Waals surface area contributed by atoms with Crippen molar-refractivity contribution in [1.82, 2.24) is 25.5 Å². The molecule has 4 N–H and O–H groups in total. The largest absolute Gasteiger partial charge is 0.383 e. The number of amides is 2. The van der Waals surface area contributed by atoms with E-state index in [1.165, 1.54) is 6.20 Å². The minimum Gasteiger partial charge on any atom is -0.383 e. The summed E-state index contributed by atoms with van der Waals surface area (Å²) < 4.78 is 0. The molecule has 0 atom stereocenters. The molecule has 1 aromatic heterocycles. The van der Waals surface area contributed by atoms with Crippen molar-refractivity contribution >= 4 is 23.6 Å². The van der Waals surface area contributed by atoms with Gasteiger partial charge < -0.3 is 21.3 Å². The molecule has 0 unspecified atom stereocenters. The van der Waals surface area contributed by atoms with Crippen LogP contribution in [0, 0.1) is 0 Å². The number of aromatic nitrogens is 2. The summed E-state index contributed by atoms with van der Waals surface area (Å²) in [6.07, 6.45) is 1.47. The molecule has 0 spiro atoms. The number of hydrogen-bond acceptors (Lipinski definition) is 7. The molecule has 9 heteroatoms. The highest BCUT2D eigenvalue weighted by Gasteiger charge is 2.22. The Morgan fingerprint density at radius 2 is 1.83 bits per heavy atom. The van der Waals surface area contributed by atoms with Gasteiger partial charge in [-0.2, -0.15) is 4.98 Å². The van der Waals surface area contributed by atoms with E-state index in [9.17, 15) is 9.59 Å². The van der Waals surface area contributed by atoms with Crippen molar-refractivity contribution in [1.29, 1.82) is 0 Å². The van der Waals surface area contributed by atoms with Gasteiger partial charge in [0.2, 0.25) is 11.9 Å². The Kier molecular flexibility index (Phi) is 7.18. The van der Waals surface area contributed by atoms with Crippen LogP contribution in [0.3, 0.4) is 0 Å². The molecule has 0 aliphatic carbocycles. The van der Waals surface area contributed by atoms with E-state index in [4.69, 9.17) is 5.73 Å². The smallest absolute Gasteiger partial charge is 0.256 e. The molecule has 1 aliphatic heterocycles. The lowest BCUT2D eigenvalue weighted by Gasteiger charge is -2.34. The molecule has 2 aromatic rings. The number of carbonyl (C=O) groups is 2. The summed E-state index contributed by atoms with van der Waals surface area (Å²) in [4.78, 5) is 37.1. The highest BCUT2D eigenvalue weighted by Crippen LogP contribution is 2.16. The number of rotatable bonds is 7. The number of anilines is 2. The van der Waals surface area contributed by atoms with E-state index in [0.717, 1.165) is 18.7 Å². The Bertz CT molecular complexity index is 865. The molecule has 30 heavy (non-hydrogen) atoms. The van der Waals surface area contributed by atoms with Crippen LogP contribution in [0.4, 0.5) is 11.8 Å². The fraction of sp³-hybridized carbons (Fsp3) is 0.429. The molecule has 0 radical (unpaired) electrons. The van der Waals surface area contributed by atoms with E-state index in [-0.39, 0.29) is 29.2 Å². The number of piperazine rings is 1. The molecule has 9 nitrogen and oxygen atoms in total. The maximum Gasteiger partial charge on any atom is 0.256 e.